The summed E-state index contributed by atoms with van der Waals surface area (Å²) in [7, 11) is -3.97. The smallest absolute Gasteiger partial charge is 0.211 e. The molecule has 0 spiro atoms. The van der Waals surface area contributed by atoms with Crippen LogP contribution >= 0.6 is 23.1 Å². The van der Waals surface area contributed by atoms with Crippen molar-refractivity contribution in [2.45, 2.75) is 14.7 Å². The molecule has 0 fully saturated rings. The van der Waals surface area contributed by atoms with Crippen LogP contribution in [0.5, 0.6) is 0 Å². The summed E-state index contributed by atoms with van der Waals surface area (Å²) in [6, 6.07) is 24.4. The monoisotopic (exact) mass is 480 g/mol. The molecule has 0 saturated carbocycles. The van der Waals surface area contributed by atoms with Crippen molar-refractivity contribution in [3.8, 4) is 0 Å². The molecular formula is C24H20N2O3S3. The van der Waals surface area contributed by atoms with E-state index >= 15 is 0 Å². The zero-order valence-electron chi connectivity index (χ0n) is 17.1. The van der Waals surface area contributed by atoms with Gasteiger partial charge in [0.05, 0.1) is 10.6 Å². The van der Waals surface area contributed by atoms with E-state index in [0.29, 0.717) is 16.3 Å². The van der Waals surface area contributed by atoms with Crippen LogP contribution in [0.2, 0.25) is 0 Å². The zero-order chi connectivity index (χ0) is 22.7. The number of nitrogen functional groups attached to an aromatic ring is 1. The first-order valence-electron chi connectivity index (χ1n) is 9.65. The van der Waals surface area contributed by atoms with E-state index in [4.69, 9.17) is 5.73 Å². The van der Waals surface area contributed by atoms with Gasteiger partial charge >= 0.3 is 0 Å². The molecule has 1 aromatic heterocycles. The molecule has 4 aromatic rings. The first-order chi connectivity index (χ1) is 15.4. The fourth-order valence-electron chi connectivity index (χ4n) is 3.22. The van der Waals surface area contributed by atoms with E-state index in [1.54, 1.807) is 54.2 Å². The standard InChI is InChI=1S/C24H20N2O3S3/c1-30-18-12-8-11-17(15-18)26-24-23(32(28,29)19-13-6-3-7-14-19)20(25)22(31-24)21(27)16-9-4-2-5-10-16/h2-15,26H,25H2,1H3. The van der Waals surface area contributed by atoms with E-state index in [2.05, 4.69) is 5.32 Å². The molecule has 0 unspecified atom stereocenters. The Labute approximate surface area is 195 Å². The second-order valence-electron chi connectivity index (χ2n) is 6.87. The van der Waals surface area contributed by atoms with Crippen LogP contribution in [0.1, 0.15) is 15.2 Å². The van der Waals surface area contributed by atoms with Gasteiger partial charge in [-0.1, -0.05) is 54.6 Å². The number of sulfone groups is 1. The number of thiophene rings is 1. The number of benzene rings is 3. The summed E-state index contributed by atoms with van der Waals surface area (Å²) in [6.07, 6.45) is 1.96. The zero-order valence-corrected chi connectivity index (χ0v) is 19.6. The number of anilines is 3. The Kier molecular flexibility index (Phi) is 6.36. The van der Waals surface area contributed by atoms with Gasteiger partial charge in [0.2, 0.25) is 15.6 Å². The lowest BCUT2D eigenvalue weighted by molar-refractivity contribution is 0.104. The number of hydrogen-bond acceptors (Lipinski definition) is 7. The van der Waals surface area contributed by atoms with Gasteiger partial charge in [-0.05, 0) is 36.6 Å². The number of ketones is 1. The molecule has 32 heavy (non-hydrogen) atoms. The molecular weight excluding hydrogens is 460 g/mol. The van der Waals surface area contributed by atoms with Gasteiger partial charge in [-0.3, -0.25) is 4.79 Å². The molecule has 0 bridgehead atoms. The molecule has 0 atom stereocenters. The van der Waals surface area contributed by atoms with Crippen molar-refractivity contribution in [1.82, 2.24) is 0 Å². The normalized spacial score (nSPS) is 11.3. The van der Waals surface area contributed by atoms with Crippen LogP contribution in [0.3, 0.4) is 0 Å². The summed E-state index contributed by atoms with van der Waals surface area (Å²) >= 11 is 2.62. The van der Waals surface area contributed by atoms with Gasteiger partial charge < -0.3 is 11.1 Å². The highest BCUT2D eigenvalue weighted by atomic mass is 32.2. The third kappa shape index (κ3) is 4.29. The van der Waals surface area contributed by atoms with Crippen LogP contribution in [0.25, 0.3) is 0 Å². The number of thioether (sulfide) groups is 1. The Balaban J connectivity index is 1.88. The summed E-state index contributed by atoms with van der Waals surface area (Å²) < 4.78 is 27.1. The molecule has 5 nitrogen and oxygen atoms in total. The Morgan fingerprint density at radius 2 is 1.59 bits per heavy atom. The van der Waals surface area contributed by atoms with Crippen molar-refractivity contribution < 1.29 is 13.2 Å². The molecule has 0 aliphatic carbocycles. The van der Waals surface area contributed by atoms with E-state index < -0.39 is 9.84 Å². The van der Waals surface area contributed by atoms with Crippen LogP contribution in [0.15, 0.2) is 99.6 Å². The Morgan fingerprint density at radius 3 is 2.25 bits per heavy atom. The highest BCUT2D eigenvalue weighted by molar-refractivity contribution is 7.98. The largest absolute Gasteiger partial charge is 0.396 e. The summed E-state index contributed by atoms with van der Waals surface area (Å²) in [5.74, 6) is -0.316. The topological polar surface area (TPSA) is 89.3 Å². The van der Waals surface area contributed by atoms with Crippen molar-refractivity contribution in [2.75, 3.05) is 17.3 Å². The van der Waals surface area contributed by atoms with Gasteiger partial charge in [0, 0.05) is 16.1 Å². The van der Waals surface area contributed by atoms with Gasteiger partial charge in [0.25, 0.3) is 0 Å². The van der Waals surface area contributed by atoms with E-state index in [9.17, 15) is 13.2 Å². The number of carbonyl (C=O) groups excluding carboxylic acids is 1. The van der Waals surface area contributed by atoms with Gasteiger partial charge in [-0.25, -0.2) is 8.42 Å². The first-order valence-corrected chi connectivity index (χ1v) is 13.2. The molecule has 8 heteroatoms. The predicted octanol–water partition coefficient (Wildman–Crippen LogP) is 5.86. The molecule has 3 N–H and O–H groups in total. The van der Waals surface area contributed by atoms with Crippen LogP contribution in [-0.2, 0) is 9.84 Å². The average molecular weight is 481 g/mol. The number of nitrogens with two attached hydrogens (primary N) is 1. The molecule has 0 amide bonds. The molecule has 0 aliphatic rings. The molecule has 3 aromatic carbocycles. The summed E-state index contributed by atoms with van der Waals surface area (Å²) in [4.78, 5) is 14.4. The molecule has 1 heterocycles. The van der Waals surface area contributed by atoms with Gasteiger partial charge in [0.1, 0.15) is 14.8 Å². The Hall–Kier alpha value is -3.07. The Bertz CT molecular complexity index is 1370. The minimum absolute atomic E-state index is 0.0452. The van der Waals surface area contributed by atoms with Crippen molar-refractivity contribution >= 4 is 55.1 Å². The maximum Gasteiger partial charge on any atom is 0.211 e. The molecule has 0 aliphatic heterocycles. The van der Waals surface area contributed by atoms with Crippen molar-refractivity contribution in [3.63, 3.8) is 0 Å². The third-order valence-corrected chi connectivity index (χ3v) is 8.62. The SMILES string of the molecule is CSc1cccc(Nc2sc(C(=O)c3ccccc3)c(N)c2S(=O)(=O)c2ccccc2)c1. The van der Waals surface area contributed by atoms with Gasteiger partial charge in [-0.15, -0.1) is 23.1 Å². The van der Waals surface area contributed by atoms with Crippen molar-refractivity contribution in [3.05, 3.63) is 95.4 Å². The van der Waals surface area contributed by atoms with Gasteiger partial charge in [-0.2, -0.15) is 0 Å². The fraction of sp³-hybridized carbons (Fsp3) is 0.0417. The lowest BCUT2D eigenvalue weighted by Gasteiger charge is -2.10. The molecule has 0 radical (unpaired) electrons. The van der Waals surface area contributed by atoms with Crippen LogP contribution in [0.4, 0.5) is 16.4 Å². The second-order valence-corrected chi connectivity index (χ2v) is 10.7. The summed E-state index contributed by atoms with van der Waals surface area (Å²) in [5, 5.41) is 3.49. The quantitative estimate of drug-likeness (QED) is 0.254. The van der Waals surface area contributed by atoms with Crippen molar-refractivity contribution in [1.29, 1.82) is 0 Å². The minimum atomic E-state index is -3.97. The maximum atomic E-state index is 13.5. The second kappa shape index (κ2) is 9.20. The average Bonchev–Trinajstić information content (AvgIpc) is 3.16. The highest BCUT2D eigenvalue weighted by Crippen LogP contribution is 2.44. The summed E-state index contributed by atoms with van der Waals surface area (Å²) in [5.41, 5.74) is 7.45. The fourth-order valence-corrected chi connectivity index (χ4v) is 6.63. The number of carbonyl (C=O) groups is 1. The third-order valence-electron chi connectivity index (χ3n) is 4.79. The minimum Gasteiger partial charge on any atom is -0.396 e. The molecule has 4 rings (SSSR count). The van der Waals surface area contributed by atoms with Crippen molar-refractivity contribution in [2.24, 2.45) is 0 Å². The molecule has 0 saturated heterocycles. The van der Waals surface area contributed by atoms with E-state index in [-0.39, 0.29) is 26.1 Å². The number of hydrogen-bond donors (Lipinski definition) is 2. The van der Waals surface area contributed by atoms with Gasteiger partial charge in [0.15, 0.2) is 0 Å². The molecule has 162 valence electrons. The predicted molar refractivity (Wildman–Crippen MR) is 132 cm³/mol. The van der Waals surface area contributed by atoms with Crippen LogP contribution in [-0.4, -0.2) is 20.5 Å². The Morgan fingerprint density at radius 1 is 0.938 bits per heavy atom. The van der Waals surface area contributed by atoms with E-state index in [1.807, 2.05) is 36.6 Å². The van der Waals surface area contributed by atoms with Crippen LogP contribution < -0.4 is 11.1 Å². The lowest BCUT2D eigenvalue weighted by Crippen LogP contribution is -2.08. The summed E-state index contributed by atoms with van der Waals surface area (Å²) in [6.45, 7) is 0. The highest BCUT2D eigenvalue weighted by Gasteiger charge is 2.31. The van der Waals surface area contributed by atoms with Crippen LogP contribution in [0, 0.1) is 0 Å². The number of rotatable bonds is 7. The maximum absolute atomic E-state index is 13.5. The van der Waals surface area contributed by atoms with E-state index in [1.165, 1.54) is 12.1 Å². The lowest BCUT2D eigenvalue weighted by atomic mass is 10.1. The van der Waals surface area contributed by atoms with E-state index in [0.717, 1.165) is 16.2 Å². The number of nitrogens with one attached hydrogen (secondary N) is 1. The first kappa shape index (κ1) is 22.1.